The number of hydrogen-bond acceptors (Lipinski definition) is 2. The number of nitrogens with two attached hydrogens (primary N) is 1. The van der Waals surface area contributed by atoms with Crippen LogP contribution in [0.1, 0.15) is 29.9 Å². The van der Waals surface area contributed by atoms with E-state index in [1.165, 1.54) is 42.7 Å². The van der Waals surface area contributed by atoms with Gasteiger partial charge in [0, 0.05) is 30.7 Å². The van der Waals surface area contributed by atoms with Gasteiger partial charge in [0.05, 0.1) is 0 Å². The van der Waals surface area contributed by atoms with Crippen LogP contribution >= 0.6 is 0 Å². The average Bonchev–Trinajstić information content (AvgIpc) is 2.46. The summed E-state index contributed by atoms with van der Waals surface area (Å²) in [4.78, 5) is 2.51. The summed E-state index contributed by atoms with van der Waals surface area (Å²) in [6.45, 7) is 3.10. The van der Waals surface area contributed by atoms with Gasteiger partial charge in [0.25, 0.3) is 0 Å². The van der Waals surface area contributed by atoms with Crippen LogP contribution in [0.25, 0.3) is 0 Å². The van der Waals surface area contributed by atoms with Crippen molar-refractivity contribution in [3.63, 3.8) is 0 Å². The minimum atomic E-state index is 0.590. The molecule has 0 radical (unpaired) electrons. The summed E-state index contributed by atoms with van der Waals surface area (Å²) in [5.74, 6) is 0.759. The summed E-state index contributed by atoms with van der Waals surface area (Å²) < 4.78 is 0. The third kappa shape index (κ3) is 2.24. The van der Waals surface area contributed by atoms with Gasteiger partial charge in [-0.25, -0.2) is 0 Å². The first-order chi connectivity index (χ1) is 10.3. The molecule has 2 fully saturated rings. The van der Waals surface area contributed by atoms with Gasteiger partial charge in [-0.15, -0.1) is 0 Å². The molecule has 2 heteroatoms. The predicted molar refractivity (Wildman–Crippen MR) is 87.4 cm³/mol. The standard InChI is InChI=1S/C19H22N2/c20-12-15-6-8-16(9-7-15)17-10-19(11-17)13-21(14-19)18-4-2-1-3-5-18/h1-9,17H,10-14,20H2. The van der Waals surface area contributed by atoms with E-state index in [1.807, 2.05) is 0 Å². The van der Waals surface area contributed by atoms with Crippen LogP contribution in [0.5, 0.6) is 0 Å². The second-order valence-corrected chi connectivity index (χ2v) is 6.74. The lowest BCUT2D eigenvalue weighted by Crippen LogP contribution is -2.61. The fraction of sp³-hybridized carbons (Fsp3) is 0.368. The molecule has 0 unspecified atom stereocenters. The van der Waals surface area contributed by atoms with E-state index in [0.717, 1.165) is 5.92 Å². The molecule has 2 aromatic carbocycles. The minimum Gasteiger partial charge on any atom is -0.370 e. The second-order valence-electron chi connectivity index (χ2n) is 6.74. The van der Waals surface area contributed by atoms with E-state index in [2.05, 4.69) is 59.5 Å². The lowest BCUT2D eigenvalue weighted by molar-refractivity contribution is 0.0634. The van der Waals surface area contributed by atoms with Crippen molar-refractivity contribution in [1.29, 1.82) is 0 Å². The molecule has 1 saturated carbocycles. The first kappa shape index (κ1) is 12.9. The molecular weight excluding hydrogens is 256 g/mol. The third-order valence-corrected chi connectivity index (χ3v) is 5.22. The molecule has 0 amide bonds. The van der Waals surface area contributed by atoms with Crippen LogP contribution in [0, 0.1) is 5.41 Å². The zero-order chi connectivity index (χ0) is 14.3. The van der Waals surface area contributed by atoms with Gasteiger partial charge in [0.2, 0.25) is 0 Å². The first-order valence-electron chi connectivity index (χ1n) is 7.87. The molecule has 21 heavy (non-hydrogen) atoms. The average molecular weight is 278 g/mol. The van der Waals surface area contributed by atoms with E-state index < -0.39 is 0 Å². The topological polar surface area (TPSA) is 29.3 Å². The van der Waals surface area contributed by atoms with Crippen LogP contribution < -0.4 is 10.6 Å². The highest BCUT2D eigenvalue weighted by atomic mass is 15.2. The van der Waals surface area contributed by atoms with Gasteiger partial charge in [-0.05, 0) is 42.0 Å². The van der Waals surface area contributed by atoms with Crippen LogP contribution in [0.2, 0.25) is 0 Å². The molecular formula is C19H22N2. The largest absolute Gasteiger partial charge is 0.370 e. The van der Waals surface area contributed by atoms with Crippen molar-refractivity contribution in [2.75, 3.05) is 18.0 Å². The molecule has 2 aliphatic rings. The Kier molecular flexibility index (Phi) is 3.00. The zero-order valence-corrected chi connectivity index (χ0v) is 12.3. The second kappa shape index (κ2) is 4.88. The Morgan fingerprint density at radius 2 is 1.62 bits per heavy atom. The van der Waals surface area contributed by atoms with Gasteiger partial charge < -0.3 is 10.6 Å². The van der Waals surface area contributed by atoms with E-state index >= 15 is 0 Å². The van der Waals surface area contributed by atoms with Gasteiger partial charge in [-0.1, -0.05) is 42.5 Å². The van der Waals surface area contributed by atoms with E-state index in [-0.39, 0.29) is 0 Å². The molecule has 2 N–H and O–H groups in total. The Morgan fingerprint density at radius 1 is 0.952 bits per heavy atom. The van der Waals surface area contributed by atoms with Crippen molar-refractivity contribution in [2.45, 2.75) is 25.3 Å². The van der Waals surface area contributed by atoms with Crippen molar-refractivity contribution >= 4 is 5.69 Å². The Labute approximate surface area is 126 Å². The summed E-state index contributed by atoms with van der Waals surface area (Å²) in [7, 11) is 0. The van der Waals surface area contributed by atoms with Gasteiger partial charge in [0.1, 0.15) is 0 Å². The predicted octanol–water partition coefficient (Wildman–Crippen LogP) is 3.53. The van der Waals surface area contributed by atoms with Crippen LogP contribution in [0.4, 0.5) is 5.69 Å². The molecule has 0 aromatic heterocycles. The van der Waals surface area contributed by atoms with Crippen LogP contribution in [-0.2, 0) is 6.54 Å². The molecule has 4 rings (SSSR count). The highest BCUT2D eigenvalue weighted by Gasteiger charge is 2.52. The van der Waals surface area contributed by atoms with Crippen molar-refractivity contribution < 1.29 is 0 Å². The van der Waals surface area contributed by atoms with Crippen LogP contribution in [-0.4, -0.2) is 13.1 Å². The number of rotatable bonds is 3. The summed E-state index contributed by atoms with van der Waals surface area (Å²) in [6.07, 6.45) is 2.69. The number of para-hydroxylation sites is 1. The van der Waals surface area contributed by atoms with Gasteiger partial charge in [-0.2, -0.15) is 0 Å². The highest BCUT2D eigenvalue weighted by Crippen LogP contribution is 2.56. The molecule has 2 nitrogen and oxygen atoms in total. The maximum atomic E-state index is 5.66. The molecule has 1 aliphatic carbocycles. The van der Waals surface area contributed by atoms with E-state index in [4.69, 9.17) is 5.73 Å². The summed E-state index contributed by atoms with van der Waals surface area (Å²) >= 11 is 0. The minimum absolute atomic E-state index is 0.590. The zero-order valence-electron chi connectivity index (χ0n) is 12.3. The number of anilines is 1. The summed E-state index contributed by atoms with van der Waals surface area (Å²) in [6, 6.07) is 19.7. The Bertz CT molecular complexity index is 604. The molecule has 0 bridgehead atoms. The third-order valence-electron chi connectivity index (χ3n) is 5.22. The van der Waals surface area contributed by atoms with Crippen molar-refractivity contribution in [3.05, 3.63) is 65.7 Å². The molecule has 0 atom stereocenters. The monoisotopic (exact) mass is 278 g/mol. The molecule has 1 aliphatic heterocycles. The maximum absolute atomic E-state index is 5.66. The lowest BCUT2D eigenvalue weighted by Gasteiger charge is -2.60. The fourth-order valence-electron chi connectivity index (χ4n) is 3.99. The van der Waals surface area contributed by atoms with E-state index in [9.17, 15) is 0 Å². The number of hydrogen-bond donors (Lipinski definition) is 1. The van der Waals surface area contributed by atoms with Gasteiger partial charge >= 0.3 is 0 Å². The van der Waals surface area contributed by atoms with Crippen LogP contribution in [0.3, 0.4) is 0 Å². The fourth-order valence-corrected chi connectivity index (χ4v) is 3.99. The van der Waals surface area contributed by atoms with Gasteiger partial charge in [-0.3, -0.25) is 0 Å². The molecule has 1 heterocycles. The van der Waals surface area contributed by atoms with E-state index in [1.54, 1.807) is 0 Å². The molecule has 1 saturated heterocycles. The SMILES string of the molecule is NCc1ccc(C2CC3(C2)CN(c2ccccc2)C3)cc1. The highest BCUT2D eigenvalue weighted by molar-refractivity contribution is 5.50. The van der Waals surface area contributed by atoms with E-state index in [0.29, 0.717) is 12.0 Å². The normalized spacial score (nSPS) is 20.1. The van der Waals surface area contributed by atoms with Gasteiger partial charge in [0.15, 0.2) is 0 Å². The molecule has 1 spiro atoms. The Hall–Kier alpha value is -1.80. The van der Waals surface area contributed by atoms with Crippen LogP contribution in [0.15, 0.2) is 54.6 Å². The quantitative estimate of drug-likeness (QED) is 0.930. The Balaban J connectivity index is 1.36. The lowest BCUT2D eigenvalue weighted by atomic mass is 9.56. The summed E-state index contributed by atoms with van der Waals surface area (Å²) in [5.41, 5.74) is 10.4. The summed E-state index contributed by atoms with van der Waals surface area (Å²) in [5, 5.41) is 0. The smallest absolute Gasteiger partial charge is 0.0366 e. The maximum Gasteiger partial charge on any atom is 0.0366 e. The number of benzene rings is 2. The molecule has 2 aromatic rings. The van der Waals surface area contributed by atoms with Crippen molar-refractivity contribution in [2.24, 2.45) is 11.1 Å². The van der Waals surface area contributed by atoms with Crippen molar-refractivity contribution in [3.8, 4) is 0 Å². The first-order valence-corrected chi connectivity index (χ1v) is 7.87. The molecule has 108 valence electrons. The Morgan fingerprint density at radius 3 is 2.24 bits per heavy atom. The number of nitrogens with zero attached hydrogens (tertiary/aromatic N) is 1. The van der Waals surface area contributed by atoms with Crippen molar-refractivity contribution in [1.82, 2.24) is 0 Å².